The van der Waals surface area contributed by atoms with Crippen molar-refractivity contribution in [2.24, 2.45) is 11.3 Å². The van der Waals surface area contributed by atoms with Crippen LogP contribution >= 0.6 is 0 Å². The minimum Gasteiger partial charge on any atom is -0.387 e. The van der Waals surface area contributed by atoms with Crippen molar-refractivity contribution in [3.05, 3.63) is 29.8 Å². The zero-order chi connectivity index (χ0) is 14.8. The Bertz CT molecular complexity index is 482. The Morgan fingerprint density at radius 1 is 1.25 bits per heavy atom. The van der Waals surface area contributed by atoms with Crippen molar-refractivity contribution in [3.8, 4) is 0 Å². The van der Waals surface area contributed by atoms with Crippen LogP contribution in [0.15, 0.2) is 24.3 Å². The van der Waals surface area contributed by atoms with Crippen LogP contribution in [0.2, 0.25) is 0 Å². The van der Waals surface area contributed by atoms with Crippen LogP contribution in [0.5, 0.6) is 0 Å². The van der Waals surface area contributed by atoms with Crippen LogP contribution in [0.3, 0.4) is 0 Å². The van der Waals surface area contributed by atoms with E-state index >= 15 is 0 Å². The summed E-state index contributed by atoms with van der Waals surface area (Å²) < 4.78 is 0. The lowest BCUT2D eigenvalue weighted by atomic mass is 9.70. The van der Waals surface area contributed by atoms with Gasteiger partial charge in [-0.15, -0.1) is 0 Å². The lowest BCUT2D eigenvalue weighted by molar-refractivity contribution is 0.0875. The first-order chi connectivity index (χ1) is 9.41. The molecule has 1 aliphatic rings. The SMILES string of the molecule is CNc1ccccc1C(=O)N[C@H]1C[C@@H](C)CC(C)(C)C1. The molecular formula is C17H26N2O. The highest BCUT2D eigenvalue weighted by Gasteiger charge is 2.32. The molecule has 0 heterocycles. The van der Waals surface area contributed by atoms with Crippen molar-refractivity contribution < 1.29 is 4.79 Å². The molecule has 110 valence electrons. The van der Waals surface area contributed by atoms with Gasteiger partial charge in [-0.1, -0.05) is 32.9 Å². The standard InChI is InChI=1S/C17H26N2O/c1-12-9-13(11-17(2,3)10-12)19-16(20)14-7-5-6-8-15(14)18-4/h5-8,12-13,18H,9-11H2,1-4H3,(H,19,20)/t12-,13+/m1/s1. The number of nitrogens with one attached hydrogen (secondary N) is 2. The Balaban J connectivity index is 2.08. The summed E-state index contributed by atoms with van der Waals surface area (Å²) >= 11 is 0. The Labute approximate surface area is 122 Å². The first-order valence-corrected chi connectivity index (χ1v) is 7.49. The van der Waals surface area contributed by atoms with Gasteiger partial charge < -0.3 is 10.6 Å². The molecule has 3 nitrogen and oxygen atoms in total. The van der Waals surface area contributed by atoms with E-state index in [-0.39, 0.29) is 11.9 Å². The van der Waals surface area contributed by atoms with Crippen LogP contribution in [0, 0.1) is 11.3 Å². The largest absolute Gasteiger partial charge is 0.387 e. The van der Waals surface area contributed by atoms with Crippen LogP contribution in [-0.4, -0.2) is 19.0 Å². The van der Waals surface area contributed by atoms with Crippen molar-refractivity contribution in [3.63, 3.8) is 0 Å². The molecule has 0 radical (unpaired) electrons. The van der Waals surface area contributed by atoms with Gasteiger partial charge in [0.2, 0.25) is 0 Å². The fourth-order valence-electron chi connectivity index (χ4n) is 3.62. The molecule has 0 spiro atoms. The van der Waals surface area contributed by atoms with Crippen LogP contribution in [0.25, 0.3) is 0 Å². The number of anilines is 1. The zero-order valence-corrected chi connectivity index (χ0v) is 13.0. The summed E-state index contributed by atoms with van der Waals surface area (Å²) in [5, 5.41) is 6.29. The number of carbonyl (C=O) groups is 1. The number of para-hydroxylation sites is 1. The molecule has 0 bridgehead atoms. The highest BCUT2D eigenvalue weighted by Crippen LogP contribution is 2.38. The number of amides is 1. The smallest absolute Gasteiger partial charge is 0.253 e. The van der Waals surface area contributed by atoms with E-state index in [0.717, 1.165) is 24.1 Å². The molecule has 2 N–H and O–H groups in total. The van der Waals surface area contributed by atoms with E-state index in [1.165, 1.54) is 6.42 Å². The topological polar surface area (TPSA) is 41.1 Å². The van der Waals surface area contributed by atoms with E-state index < -0.39 is 0 Å². The predicted molar refractivity (Wildman–Crippen MR) is 84.0 cm³/mol. The Kier molecular flexibility index (Phi) is 4.36. The minimum absolute atomic E-state index is 0.0323. The average Bonchev–Trinajstić information content (AvgIpc) is 2.36. The molecule has 0 saturated heterocycles. The molecule has 1 saturated carbocycles. The molecule has 0 aliphatic heterocycles. The van der Waals surface area contributed by atoms with Crippen molar-refractivity contribution in [1.82, 2.24) is 5.32 Å². The van der Waals surface area contributed by atoms with Gasteiger partial charge in [-0.2, -0.15) is 0 Å². The highest BCUT2D eigenvalue weighted by atomic mass is 16.1. The van der Waals surface area contributed by atoms with Gasteiger partial charge in [-0.25, -0.2) is 0 Å². The molecule has 1 aromatic rings. The summed E-state index contributed by atoms with van der Waals surface area (Å²) in [5.74, 6) is 0.702. The third-order valence-electron chi connectivity index (χ3n) is 4.16. The summed E-state index contributed by atoms with van der Waals surface area (Å²) in [7, 11) is 1.85. The second-order valence-corrected chi connectivity index (χ2v) is 6.88. The lowest BCUT2D eigenvalue weighted by Gasteiger charge is -2.39. The molecule has 2 rings (SSSR count). The summed E-state index contributed by atoms with van der Waals surface area (Å²) in [5.41, 5.74) is 1.93. The number of rotatable bonds is 3. The maximum atomic E-state index is 12.5. The van der Waals surface area contributed by atoms with E-state index in [2.05, 4.69) is 31.4 Å². The van der Waals surface area contributed by atoms with E-state index in [9.17, 15) is 4.79 Å². The quantitative estimate of drug-likeness (QED) is 0.883. The number of carbonyl (C=O) groups excluding carboxylic acids is 1. The second-order valence-electron chi connectivity index (χ2n) is 6.88. The maximum absolute atomic E-state index is 12.5. The van der Waals surface area contributed by atoms with E-state index in [1.807, 2.05) is 31.3 Å². The van der Waals surface area contributed by atoms with Crippen molar-refractivity contribution in [2.75, 3.05) is 12.4 Å². The first-order valence-electron chi connectivity index (χ1n) is 7.49. The molecular weight excluding hydrogens is 248 g/mol. The summed E-state index contributed by atoms with van der Waals surface area (Å²) in [6.45, 7) is 6.87. The maximum Gasteiger partial charge on any atom is 0.253 e. The van der Waals surface area contributed by atoms with E-state index in [0.29, 0.717) is 11.3 Å². The zero-order valence-electron chi connectivity index (χ0n) is 13.0. The van der Waals surface area contributed by atoms with Crippen molar-refractivity contribution in [1.29, 1.82) is 0 Å². The Morgan fingerprint density at radius 3 is 2.60 bits per heavy atom. The van der Waals surface area contributed by atoms with E-state index in [1.54, 1.807) is 0 Å². The molecule has 3 heteroatoms. The lowest BCUT2D eigenvalue weighted by Crippen LogP contribution is -2.43. The van der Waals surface area contributed by atoms with Crippen LogP contribution in [0.1, 0.15) is 50.4 Å². The predicted octanol–water partition coefficient (Wildman–Crippen LogP) is 3.67. The molecule has 1 fully saturated rings. The monoisotopic (exact) mass is 274 g/mol. The first kappa shape index (κ1) is 14.9. The molecule has 2 atom stereocenters. The van der Waals surface area contributed by atoms with Gasteiger partial charge in [-0.3, -0.25) is 4.79 Å². The fraction of sp³-hybridized carbons (Fsp3) is 0.588. The Morgan fingerprint density at radius 2 is 1.95 bits per heavy atom. The van der Waals surface area contributed by atoms with Gasteiger partial charge in [0, 0.05) is 18.8 Å². The molecule has 1 aliphatic carbocycles. The number of hydrogen-bond donors (Lipinski definition) is 2. The summed E-state index contributed by atoms with van der Waals surface area (Å²) in [4.78, 5) is 12.5. The molecule has 0 aromatic heterocycles. The summed E-state index contributed by atoms with van der Waals surface area (Å²) in [6, 6.07) is 7.93. The van der Waals surface area contributed by atoms with Gasteiger partial charge in [0.15, 0.2) is 0 Å². The normalized spacial score (nSPS) is 25.0. The highest BCUT2D eigenvalue weighted by molar-refractivity contribution is 5.99. The van der Waals surface area contributed by atoms with Crippen LogP contribution < -0.4 is 10.6 Å². The van der Waals surface area contributed by atoms with Gasteiger partial charge >= 0.3 is 0 Å². The van der Waals surface area contributed by atoms with Crippen molar-refractivity contribution >= 4 is 11.6 Å². The van der Waals surface area contributed by atoms with Crippen LogP contribution in [0.4, 0.5) is 5.69 Å². The number of benzene rings is 1. The van der Waals surface area contributed by atoms with Gasteiger partial charge in [0.05, 0.1) is 5.56 Å². The van der Waals surface area contributed by atoms with Gasteiger partial charge in [0.1, 0.15) is 0 Å². The minimum atomic E-state index is 0.0323. The fourth-order valence-corrected chi connectivity index (χ4v) is 3.62. The third-order valence-corrected chi connectivity index (χ3v) is 4.16. The molecule has 20 heavy (non-hydrogen) atoms. The Hall–Kier alpha value is -1.51. The molecule has 1 amide bonds. The molecule has 0 unspecified atom stereocenters. The third kappa shape index (κ3) is 3.53. The average molecular weight is 274 g/mol. The van der Waals surface area contributed by atoms with Crippen molar-refractivity contribution in [2.45, 2.75) is 46.1 Å². The number of hydrogen-bond acceptors (Lipinski definition) is 2. The van der Waals surface area contributed by atoms with Gasteiger partial charge in [0.25, 0.3) is 5.91 Å². The van der Waals surface area contributed by atoms with Gasteiger partial charge in [-0.05, 0) is 42.7 Å². The molecule has 1 aromatic carbocycles. The van der Waals surface area contributed by atoms with Crippen LogP contribution in [-0.2, 0) is 0 Å². The second kappa shape index (κ2) is 5.86. The van der Waals surface area contributed by atoms with E-state index in [4.69, 9.17) is 0 Å². The summed E-state index contributed by atoms with van der Waals surface area (Å²) in [6.07, 6.45) is 3.38.